The number of hydrogen-bond donors (Lipinski definition) is 3. The van der Waals surface area contributed by atoms with Gasteiger partial charge in [0.15, 0.2) is 0 Å². The number of aromatic nitrogens is 1. The van der Waals surface area contributed by atoms with Gasteiger partial charge in [-0.2, -0.15) is 13.2 Å². The Hall–Kier alpha value is -1.71. The van der Waals surface area contributed by atoms with Crippen LogP contribution in [0.4, 0.5) is 13.2 Å². The van der Waals surface area contributed by atoms with E-state index >= 15 is 0 Å². The molecule has 3 N–H and O–H groups in total. The second-order valence-electron chi connectivity index (χ2n) is 7.42. The number of hydrogen-bond acceptors (Lipinski definition) is 5. The minimum absolute atomic E-state index is 0.0193. The van der Waals surface area contributed by atoms with Gasteiger partial charge in [-0.25, -0.2) is 10.4 Å². The van der Waals surface area contributed by atoms with Crippen LogP contribution in [0.2, 0.25) is 0 Å². The maximum absolute atomic E-state index is 12.7. The SMILES string of the molecule is CC1NC(=O)C2C(C3CC3)NN([C@@H](C)c3ccc(C(F)(F)F)nc3)C2N1. The van der Waals surface area contributed by atoms with E-state index in [1.807, 2.05) is 18.9 Å². The van der Waals surface area contributed by atoms with Crippen molar-refractivity contribution in [2.45, 2.75) is 57.3 Å². The first-order valence-electron chi connectivity index (χ1n) is 8.90. The largest absolute Gasteiger partial charge is 0.433 e. The molecule has 142 valence electrons. The van der Waals surface area contributed by atoms with Gasteiger partial charge >= 0.3 is 6.18 Å². The van der Waals surface area contributed by atoms with Crippen molar-refractivity contribution in [2.24, 2.45) is 11.8 Å². The Kier molecular flexibility index (Phi) is 4.20. The number of pyridine rings is 1. The van der Waals surface area contributed by atoms with E-state index in [1.54, 1.807) is 0 Å². The van der Waals surface area contributed by atoms with Crippen molar-refractivity contribution in [3.05, 3.63) is 29.6 Å². The van der Waals surface area contributed by atoms with Gasteiger partial charge in [0, 0.05) is 18.3 Å². The normalized spacial score (nSPS) is 33.7. The first-order chi connectivity index (χ1) is 12.3. The molecule has 0 radical (unpaired) electrons. The summed E-state index contributed by atoms with van der Waals surface area (Å²) in [6.07, 6.45) is -1.37. The molecule has 3 fully saturated rings. The highest BCUT2D eigenvalue weighted by molar-refractivity contribution is 5.81. The molecular formula is C17H22F3N5O. The van der Waals surface area contributed by atoms with Crippen LogP contribution in [0.3, 0.4) is 0 Å². The van der Waals surface area contributed by atoms with Crippen molar-refractivity contribution in [2.75, 3.05) is 0 Å². The minimum atomic E-state index is -4.45. The third kappa shape index (κ3) is 3.08. The third-order valence-corrected chi connectivity index (χ3v) is 5.51. The quantitative estimate of drug-likeness (QED) is 0.758. The lowest BCUT2D eigenvalue weighted by Crippen LogP contribution is -2.63. The number of halogens is 3. The lowest BCUT2D eigenvalue weighted by molar-refractivity contribution is -0.141. The highest BCUT2D eigenvalue weighted by Gasteiger charge is 2.54. The van der Waals surface area contributed by atoms with E-state index in [2.05, 4.69) is 21.0 Å². The van der Waals surface area contributed by atoms with Crippen molar-refractivity contribution < 1.29 is 18.0 Å². The predicted molar refractivity (Wildman–Crippen MR) is 87.2 cm³/mol. The summed E-state index contributed by atoms with van der Waals surface area (Å²) in [6, 6.07) is 2.27. The fourth-order valence-electron chi connectivity index (χ4n) is 3.99. The molecule has 6 nitrogen and oxygen atoms in total. The third-order valence-electron chi connectivity index (χ3n) is 5.51. The average molecular weight is 369 g/mol. The van der Waals surface area contributed by atoms with Crippen LogP contribution in [-0.2, 0) is 11.0 Å². The van der Waals surface area contributed by atoms with Gasteiger partial charge in [0.2, 0.25) is 5.91 Å². The molecule has 1 aliphatic carbocycles. The maximum Gasteiger partial charge on any atom is 0.433 e. The first-order valence-corrected chi connectivity index (χ1v) is 8.90. The van der Waals surface area contributed by atoms with Gasteiger partial charge in [-0.3, -0.25) is 15.1 Å². The number of nitrogens with zero attached hydrogens (tertiary/aromatic N) is 2. The van der Waals surface area contributed by atoms with E-state index in [9.17, 15) is 18.0 Å². The van der Waals surface area contributed by atoms with Gasteiger partial charge in [-0.15, -0.1) is 0 Å². The maximum atomic E-state index is 12.7. The summed E-state index contributed by atoms with van der Waals surface area (Å²) in [5.41, 5.74) is 3.21. The summed E-state index contributed by atoms with van der Waals surface area (Å²) in [4.78, 5) is 16.1. The van der Waals surface area contributed by atoms with Gasteiger partial charge in [-0.1, -0.05) is 6.07 Å². The second-order valence-corrected chi connectivity index (χ2v) is 7.42. The summed E-state index contributed by atoms with van der Waals surface area (Å²) in [5.74, 6) is 0.265. The molecule has 9 heteroatoms. The Morgan fingerprint density at radius 2 is 2.04 bits per heavy atom. The van der Waals surface area contributed by atoms with Gasteiger partial charge in [0.1, 0.15) is 5.69 Å². The van der Waals surface area contributed by atoms with Crippen LogP contribution in [-0.4, -0.2) is 34.3 Å². The van der Waals surface area contributed by atoms with E-state index < -0.39 is 11.9 Å². The fourth-order valence-corrected chi connectivity index (χ4v) is 3.99. The van der Waals surface area contributed by atoms with E-state index in [4.69, 9.17) is 0 Å². The molecule has 4 rings (SSSR count). The summed E-state index contributed by atoms with van der Waals surface area (Å²) in [5, 5.41) is 8.29. The van der Waals surface area contributed by atoms with Crippen molar-refractivity contribution in [1.29, 1.82) is 0 Å². The van der Waals surface area contributed by atoms with Crippen molar-refractivity contribution in [3.8, 4) is 0 Å². The number of rotatable bonds is 3. The van der Waals surface area contributed by atoms with Crippen molar-refractivity contribution in [1.82, 2.24) is 26.1 Å². The monoisotopic (exact) mass is 369 g/mol. The Balaban J connectivity index is 1.58. The van der Waals surface area contributed by atoms with Crippen LogP contribution in [0.25, 0.3) is 0 Å². The van der Waals surface area contributed by atoms with Crippen LogP contribution < -0.4 is 16.1 Å². The zero-order chi connectivity index (χ0) is 18.6. The standard InChI is InChI=1S/C17H22F3N5O/c1-8(11-5-6-12(21-7-11)17(18,19)20)25-15-13(14(24-25)10-3-4-10)16(26)23-9(2)22-15/h5-10,13-15,22,24H,3-4H2,1-2H3,(H,23,26)/t8-,9?,13?,14?,15?/m0/s1. The summed E-state index contributed by atoms with van der Waals surface area (Å²) >= 11 is 0. The summed E-state index contributed by atoms with van der Waals surface area (Å²) in [7, 11) is 0. The number of amides is 1. The molecule has 1 aromatic rings. The van der Waals surface area contributed by atoms with E-state index in [0.717, 1.165) is 18.9 Å². The molecule has 1 saturated carbocycles. The second kappa shape index (κ2) is 6.17. The Morgan fingerprint density at radius 1 is 1.31 bits per heavy atom. The zero-order valence-corrected chi connectivity index (χ0v) is 14.5. The van der Waals surface area contributed by atoms with Gasteiger partial charge in [0.25, 0.3) is 0 Å². The van der Waals surface area contributed by atoms with Gasteiger partial charge in [-0.05, 0) is 44.2 Å². The van der Waals surface area contributed by atoms with Crippen LogP contribution in [0, 0.1) is 11.8 Å². The van der Waals surface area contributed by atoms with Crippen LogP contribution in [0.1, 0.15) is 44.0 Å². The van der Waals surface area contributed by atoms with Crippen LogP contribution >= 0.6 is 0 Å². The van der Waals surface area contributed by atoms with Crippen molar-refractivity contribution in [3.63, 3.8) is 0 Å². The number of carbonyl (C=O) groups is 1. The predicted octanol–water partition coefficient (Wildman–Crippen LogP) is 1.77. The summed E-state index contributed by atoms with van der Waals surface area (Å²) in [6.45, 7) is 3.78. The number of alkyl halides is 3. The highest BCUT2D eigenvalue weighted by atomic mass is 19.4. The number of carbonyl (C=O) groups excluding carboxylic acids is 1. The lowest BCUT2D eigenvalue weighted by Gasteiger charge is -2.38. The molecule has 26 heavy (non-hydrogen) atoms. The molecule has 0 bridgehead atoms. The van der Waals surface area contributed by atoms with E-state index in [1.165, 1.54) is 12.3 Å². The smallest absolute Gasteiger partial charge is 0.341 e. The molecule has 3 aliphatic rings. The molecular weight excluding hydrogens is 347 g/mol. The molecule has 4 unspecified atom stereocenters. The average Bonchev–Trinajstić information content (AvgIpc) is 3.34. The minimum Gasteiger partial charge on any atom is -0.341 e. The number of fused-ring (bicyclic) bond motifs is 1. The van der Waals surface area contributed by atoms with Crippen molar-refractivity contribution >= 4 is 5.91 Å². The van der Waals surface area contributed by atoms with Crippen LogP contribution in [0.15, 0.2) is 18.3 Å². The van der Waals surface area contributed by atoms with E-state index in [0.29, 0.717) is 11.5 Å². The Bertz CT molecular complexity index is 691. The first kappa shape index (κ1) is 17.7. The fraction of sp³-hybridized carbons (Fsp3) is 0.647. The zero-order valence-electron chi connectivity index (χ0n) is 14.5. The Morgan fingerprint density at radius 3 is 2.62 bits per heavy atom. The number of nitrogens with one attached hydrogen (secondary N) is 3. The van der Waals surface area contributed by atoms with Gasteiger partial charge in [0.05, 0.1) is 18.2 Å². The molecule has 5 atom stereocenters. The molecule has 2 saturated heterocycles. The molecule has 2 aliphatic heterocycles. The van der Waals surface area contributed by atoms with Crippen LogP contribution in [0.5, 0.6) is 0 Å². The molecule has 3 heterocycles. The molecule has 1 amide bonds. The summed E-state index contributed by atoms with van der Waals surface area (Å²) < 4.78 is 38.2. The molecule has 0 aromatic carbocycles. The Labute approximate surface area is 149 Å². The molecule has 0 spiro atoms. The highest BCUT2D eigenvalue weighted by Crippen LogP contribution is 2.42. The molecule has 1 aromatic heterocycles. The lowest BCUT2D eigenvalue weighted by atomic mass is 9.92. The topological polar surface area (TPSA) is 69.3 Å². The van der Waals surface area contributed by atoms with E-state index in [-0.39, 0.29) is 36.2 Å². The van der Waals surface area contributed by atoms with Gasteiger partial charge < -0.3 is 5.32 Å². The number of hydrazine groups is 1.